The van der Waals surface area contributed by atoms with Crippen LogP contribution in [-0.2, 0) is 4.79 Å². The molecule has 0 aliphatic carbocycles. The van der Waals surface area contributed by atoms with E-state index in [1.54, 1.807) is 19.0 Å². The van der Waals surface area contributed by atoms with E-state index in [9.17, 15) is 18.0 Å². The van der Waals surface area contributed by atoms with Crippen molar-refractivity contribution in [2.75, 3.05) is 20.6 Å². The van der Waals surface area contributed by atoms with Gasteiger partial charge in [0, 0.05) is 24.5 Å². The summed E-state index contributed by atoms with van der Waals surface area (Å²) in [5.41, 5.74) is -0.0955. The maximum atomic E-state index is 12.8. The molecular weight excluding hydrogens is 259 g/mol. The molecule has 0 bridgehead atoms. The average molecular weight is 275 g/mol. The smallest absolute Gasteiger partial charge is 0.363 e. The normalized spacial score (nSPS) is 14.0. The van der Waals surface area contributed by atoms with E-state index in [0.717, 1.165) is 6.08 Å². The van der Waals surface area contributed by atoms with E-state index >= 15 is 0 Å². The Balaban J connectivity index is 2.69. The van der Waals surface area contributed by atoms with Gasteiger partial charge in [-0.15, -0.1) is 0 Å². The maximum Gasteiger partial charge on any atom is 0.414 e. The Hall–Kier alpha value is -1.76. The molecule has 0 saturated heterocycles. The molecule has 19 heavy (non-hydrogen) atoms. The fourth-order valence-electron chi connectivity index (χ4n) is 1.42. The van der Waals surface area contributed by atoms with E-state index in [1.807, 2.05) is 5.32 Å². The molecule has 1 heterocycles. The van der Waals surface area contributed by atoms with Crippen LogP contribution in [0.15, 0.2) is 30.5 Å². The van der Waals surface area contributed by atoms with Gasteiger partial charge in [0.15, 0.2) is 6.04 Å². The van der Waals surface area contributed by atoms with Crippen LogP contribution in [0.4, 0.5) is 13.2 Å². The molecule has 2 N–H and O–H groups in total. The summed E-state index contributed by atoms with van der Waals surface area (Å²) in [4.78, 5) is 15.7. The van der Waals surface area contributed by atoms with Crippen LogP contribution in [0.5, 0.6) is 0 Å². The molecular formula is C12H16F3N3O. The van der Waals surface area contributed by atoms with Crippen LogP contribution in [-0.4, -0.2) is 42.6 Å². The van der Waals surface area contributed by atoms with Gasteiger partial charge in [-0.3, -0.25) is 4.79 Å². The number of hydrogen-bond acceptors (Lipinski definition) is 2. The van der Waals surface area contributed by atoms with Gasteiger partial charge in [0.1, 0.15) is 0 Å². The Kier molecular flexibility index (Phi) is 5.17. The highest BCUT2D eigenvalue weighted by atomic mass is 19.4. The largest absolute Gasteiger partial charge is 0.414 e. The highest BCUT2D eigenvalue weighted by Gasteiger charge is 2.42. The number of carbonyl (C=O) groups excluding carboxylic acids is 1. The van der Waals surface area contributed by atoms with Crippen LogP contribution in [0.25, 0.3) is 0 Å². The average Bonchev–Trinajstić information content (AvgIpc) is 2.76. The predicted molar refractivity (Wildman–Crippen MR) is 65.4 cm³/mol. The molecule has 4 nitrogen and oxygen atoms in total. The second-order valence-electron chi connectivity index (χ2n) is 4.27. The van der Waals surface area contributed by atoms with Crippen LogP contribution >= 0.6 is 0 Å². The van der Waals surface area contributed by atoms with Gasteiger partial charge >= 0.3 is 6.18 Å². The van der Waals surface area contributed by atoms with Crippen molar-refractivity contribution < 1.29 is 18.0 Å². The minimum Gasteiger partial charge on any atom is -0.363 e. The third-order valence-electron chi connectivity index (χ3n) is 2.29. The number of likely N-dealkylation sites (N-methyl/N-ethyl adjacent to an activating group) is 1. The summed E-state index contributed by atoms with van der Waals surface area (Å²) in [7, 11) is 3.58. The van der Waals surface area contributed by atoms with Crippen LogP contribution in [0, 0.1) is 0 Å². The monoisotopic (exact) mass is 275 g/mol. The zero-order valence-electron chi connectivity index (χ0n) is 10.7. The van der Waals surface area contributed by atoms with Crippen molar-refractivity contribution in [3.8, 4) is 0 Å². The van der Waals surface area contributed by atoms with Gasteiger partial charge in [-0.2, -0.15) is 13.2 Å². The molecule has 106 valence electrons. The molecule has 0 aliphatic rings. The highest BCUT2D eigenvalue weighted by Crippen LogP contribution is 2.31. The number of nitrogens with zero attached hydrogens (tertiary/aromatic N) is 1. The molecule has 0 fully saturated rings. The number of carbonyl (C=O) groups is 1. The van der Waals surface area contributed by atoms with E-state index in [0.29, 0.717) is 6.54 Å². The molecule has 1 aromatic rings. The molecule has 7 heteroatoms. The number of aromatic nitrogens is 1. The lowest BCUT2D eigenvalue weighted by Gasteiger charge is -2.19. The summed E-state index contributed by atoms with van der Waals surface area (Å²) in [6, 6.07) is 0.698. The van der Waals surface area contributed by atoms with Crippen LogP contribution in [0.3, 0.4) is 0 Å². The number of alkyl halides is 3. The lowest BCUT2D eigenvalue weighted by molar-refractivity contribution is -0.162. The van der Waals surface area contributed by atoms with Gasteiger partial charge in [0.05, 0.1) is 0 Å². The highest BCUT2D eigenvalue weighted by molar-refractivity contribution is 5.87. The summed E-state index contributed by atoms with van der Waals surface area (Å²) in [6.07, 6.45) is -0.572. The maximum absolute atomic E-state index is 12.8. The van der Waals surface area contributed by atoms with Crippen LogP contribution in [0.1, 0.15) is 11.7 Å². The molecule has 0 radical (unpaired) electrons. The van der Waals surface area contributed by atoms with Gasteiger partial charge in [-0.05, 0) is 26.2 Å². The molecule has 1 aromatic heterocycles. The van der Waals surface area contributed by atoms with Gasteiger partial charge in [-0.25, -0.2) is 0 Å². The quantitative estimate of drug-likeness (QED) is 0.806. The second-order valence-corrected chi connectivity index (χ2v) is 4.27. The van der Waals surface area contributed by atoms with E-state index in [1.165, 1.54) is 24.4 Å². The molecule has 1 atom stereocenters. The minimum absolute atomic E-state index is 0.0955. The number of H-pyrrole nitrogens is 1. The van der Waals surface area contributed by atoms with Gasteiger partial charge in [0.2, 0.25) is 5.91 Å². The molecule has 0 aliphatic heterocycles. The summed E-state index contributed by atoms with van der Waals surface area (Å²) in [5.74, 6) is -0.779. The zero-order valence-corrected chi connectivity index (χ0v) is 10.7. The van der Waals surface area contributed by atoms with E-state index in [2.05, 4.69) is 4.98 Å². The van der Waals surface area contributed by atoms with Crippen molar-refractivity contribution in [3.63, 3.8) is 0 Å². The molecule has 0 aromatic carbocycles. The molecule has 1 amide bonds. The summed E-state index contributed by atoms with van der Waals surface area (Å²) in [6.45, 7) is 0.479. The Morgan fingerprint density at radius 1 is 1.53 bits per heavy atom. The first-order valence-corrected chi connectivity index (χ1v) is 5.62. The van der Waals surface area contributed by atoms with Gasteiger partial charge in [-0.1, -0.05) is 6.08 Å². The van der Waals surface area contributed by atoms with Crippen molar-refractivity contribution in [1.82, 2.24) is 15.2 Å². The molecule has 0 saturated carbocycles. The third-order valence-corrected chi connectivity index (χ3v) is 2.29. The standard InChI is InChI=1S/C12H16F3N3O/c1-18(2)8-4-6-10(19)17-11(12(13,14)15)9-5-3-7-16-9/h3-7,11,16H,8H2,1-2H3,(H,17,19)/b6-4+. The Morgan fingerprint density at radius 2 is 2.21 bits per heavy atom. The number of amides is 1. The van der Waals surface area contributed by atoms with E-state index in [4.69, 9.17) is 0 Å². The summed E-state index contributed by atoms with van der Waals surface area (Å²) >= 11 is 0. The van der Waals surface area contributed by atoms with Crippen molar-refractivity contribution in [2.24, 2.45) is 0 Å². The first-order valence-electron chi connectivity index (χ1n) is 5.62. The Morgan fingerprint density at radius 3 is 2.68 bits per heavy atom. The number of hydrogen-bond donors (Lipinski definition) is 2. The first kappa shape index (κ1) is 15.3. The Labute approximate surface area is 109 Å². The number of nitrogens with one attached hydrogen (secondary N) is 2. The van der Waals surface area contributed by atoms with Crippen LogP contribution < -0.4 is 5.32 Å². The zero-order chi connectivity index (χ0) is 14.5. The van der Waals surface area contributed by atoms with Crippen molar-refractivity contribution in [2.45, 2.75) is 12.2 Å². The minimum atomic E-state index is -4.55. The fraction of sp³-hybridized carbons (Fsp3) is 0.417. The molecule has 1 rings (SSSR count). The molecule has 0 spiro atoms. The van der Waals surface area contributed by atoms with Gasteiger partial charge in [0.25, 0.3) is 0 Å². The van der Waals surface area contributed by atoms with Crippen LogP contribution in [0.2, 0.25) is 0 Å². The number of aromatic amines is 1. The lowest BCUT2D eigenvalue weighted by atomic mass is 10.2. The Bertz CT molecular complexity index is 424. The van der Waals surface area contributed by atoms with E-state index < -0.39 is 18.1 Å². The van der Waals surface area contributed by atoms with E-state index in [-0.39, 0.29) is 5.69 Å². The predicted octanol–water partition coefficient (Wildman–Crippen LogP) is 1.85. The fourth-order valence-corrected chi connectivity index (χ4v) is 1.42. The van der Waals surface area contributed by atoms with Crippen molar-refractivity contribution >= 4 is 5.91 Å². The van der Waals surface area contributed by atoms with Gasteiger partial charge < -0.3 is 15.2 Å². The SMILES string of the molecule is CN(C)C/C=C/C(=O)NC(c1ccc[nH]1)C(F)(F)F. The first-order chi connectivity index (χ1) is 8.80. The molecule has 1 unspecified atom stereocenters. The lowest BCUT2D eigenvalue weighted by Crippen LogP contribution is -2.37. The second kappa shape index (κ2) is 6.42. The third kappa shape index (κ3) is 5.17. The number of halogens is 3. The van der Waals surface area contributed by atoms with Crippen molar-refractivity contribution in [1.29, 1.82) is 0 Å². The summed E-state index contributed by atoms with van der Waals surface area (Å²) < 4.78 is 38.5. The van der Waals surface area contributed by atoms with Crippen molar-refractivity contribution in [3.05, 3.63) is 36.2 Å². The topological polar surface area (TPSA) is 48.1 Å². The number of rotatable bonds is 5. The summed E-state index contributed by atoms with van der Waals surface area (Å²) in [5, 5.41) is 1.93.